The van der Waals surface area contributed by atoms with Crippen molar-refractivity contribution in [3.8, 4) is 5.75 Å². The molecular formula is C17H19NO3. The fraction of sp³-hybridized carbons (Fsp3) is 0.235. The fourth-order valence-corrected chi connectivity index (χ4v) is 2.16. The number of carbonyl (C=O) groups excluding carboxylic acids is 1. The van der Waals surface area contributed by atoms with Crippen LogP contribution in [0.4, 0.5) is 0 Å². The molecule has 110 valence electrons. The van der Waals surface area contributed by atoms with Crippen LogP contribution < -0.4 is 5.32 Å². The van der Waals surface area contributed by atoms with Gasteiger partial charge in [-0.25, -0.2) is 0 Å². The molecule has 4 nitrogen and oxygen atoms in total. The SMILES string of the molecule is Cc1cc(O)cc(C(=O)NCCC(O)c2ccccc2)c1. The van der Waals surface area contributed by atoms with E-state index in [0.29, 0.717) is 18.5 Å². The van der Waals surface area contributed by atoms with Crippen LogP contribution in [0.2, 0.25) is 0 Å². The van der Waals surface area contributed by atoms with Crippen LogP contribution in [0.3, 0.4) is 0 Å². The van der Waals surface area contributed by atoms with Crippen molar-refractivity contribution >= 4 is 5.91 Å². The van der Waals surface area contributed by atoms with Crippen molar-refractivity contribution in [3.63, 3.8) is 0 Å². The summed E-state index contributed by atoms with van der Waals surface area (Å²) >= 11 is 0. The average Bonchev–Trinajstić information content (AvgIpc) is 2.47. The van der Waals surface area contributed by atoms with Crippen LogP contribution in [0.25, 0.3) is 0 Å². The Morgan fingerprint density at radius 3 is 2.57 bits per heavy atom. The molecule has 2 rings (SSSR count). The summed E-state index contributed by atoms with van der Waals surface area (Å²) in [4.78, 5) is 12.0. The molecule has 0 aliphatic rings. The monoisotopic (exact) mass is 285 g/mol. The molecule has 2 aromatic rings. The smallest absolute Gasteiger partial charge is 0.251 e. The van der Waals surface area contributed by atoms with Crippen molar-refractivity contribution in [2.24, 2.45) is 0 Å². The van der Waals surface area contributed by atoms with Gasteiger partial charge in [0.05, 0.1) is 6.10 Å². The molecule has 0 saturated heterocycles. The van der Waals surface area contributed by atoms with Crippen molar-refractivity contribution in [2.45, 2.75) is 19.4 Å². The lowest BCUT2D eigenvalue weighted by Crippen LogP contribution is -2.25. The van der Waals surface area contributed by atoms with Gasteiger partial charge in [-0.2, -0.15) is 0 Å². The van der Waals surface area contributed by atoms with E-state index in [4.69, 9.17) is 0 Å². The van der Waals surface area contributed by atoms with E-state index in [9.17, 15) is 15.0 Å². The standard InChI is InChI=1S/C17H19NO3/c1-12-9-14(11-15(19)10-12)17(21)18-8-7-16(20)13-5-3-2-4-6-13/h2-6,9-11,16,19-20H,7-8H2,1H3,(H,18,21). The first-order chi connectivity index (χ1) is 10.1. The Kier molecular flexibility index (Phi) is 4.95. The van der Waals surface area contributed by atoms with E-state index in [0.717, 1.165) is 11.1 Å². The third-order valence-electron chi connectivity index (χ3n) is 3.21. The first-order valence-corrected chi connectivity index (χ1v) is 6.88. The van der Waals surface area contributed by atoms with Crippen molar-refractivity contribution in [2.75, 3.05) is 6.54 Å². The highest BCUT2D eigenvalue weighted by Gasteiger charge is 2.10. The number of aromatic hydroxyl groups is 1. The highest BCUT2D eigenvalue weighted by Crippen LogP contribution is 2.16. The average molecular weight is 285 g/mol. The van der Waals surface area contributed by atoms with Crippen molar-refractivity contribution in [1.29, 1.82) is 0 Å². The third kappa shape index (κ3) is 4.33. The summed E-state index contributed by atoms with van der Waals surface area (Å²) in [5, 5.41) is 22.2. The molecule has 1 amide bonds. The Bertz CT molecular complexity index is 590. The van der Waals surface area contributed by atoms with Crippen LogP contribution >= 0.6 is 0 Å². The predicted octanol–water partition coefficient (Wildman–Crippen LogP) is 2.55. The summed E-state index contributed by atoms with van der Waals surface area (Å²) in [7, 11) is 0. The van der Waals surface area contributed by atoms with Crippen LogP contribution in [-0.2, 0) is 0 Å². The number of rotatable bonds is 5. The number of phenols is 1. The Morgan fingerprint density at radius 2 is 1.90 bits per heavy atom. The molecule has 1 unspecified atom stereocenters. The lowest BCUT2D eigenvalue weighted by atomic mass is 10.1. The number of hydrogen-bond donors (Lipinski definition) is 3. The van der Waals surface area contributed by atoms with Gasteiger partial charge in [-0.15, -0.1) is 0 Å². The van der Waals surface area contributed by atoms with Crippen LogP contribution in [0, 0.1) is 6.92 Å². The first-order valence-electron chi connectivity index (χ1n) is 6.88. The maximum absolute atomic E-state index is 12.0. The zero-order chi connectivity index (χ0) is 15.2. The largest absolute Gasteiger partial charge is 0.508 e. The molecule has 1 atom stereocenters. The van der Waals surface area contributed by atoms with Gasteiger partial charge >= 0.3 is 0 Å². The van der Waals surface area contributed by atoms with Gasteiger partial charge in [-0.3, -0.25) is 4.79 Å². The minimum absolute atomic E-state index is 0.0736. The highest BCUT2D eigenvalue weighted by molar-refractivity contribution is 5.94. The van der Waals surface area contributed by atoms with Crippen LogP contribution in [0.5, 0.6) is 5.75 Å². The van der Waals surface area contributed by atoms with Gasteiger partial charge in [0, 0.05) is 12.1 Å². The van der Waals surface area contributed by atoms with Crippen LogP contribution in [-0.4, -0.2) is 22.7 Å². The van der Waals surface area contributed by atoms with Gasteiger partial charge in [-0.1, -0.05) is 30.3 Å². The summed E-state index contributed by atoms with van der Waals surface area (Å²) in [5.41, 5.74) is 2.08. The van der Waals surface area contributed by atoms with E-state index >= 15 is 0 Å². The second-order valence-electron chi connectivity index (χ2n) is 5.03. The van der Waals surface area contributed by atoms with Gasteiger partial charge in [0.15, 0.2) is 0 Å². The quantitative estimate of drug-likeness (QED) is 0.790. The topological polar surface area (TPSA) is 69.6 Å². The molecule has 0 radical (unpaired) electrons. The second kappa shape index (κ2) is 6.90. The maximum atomic E-state index is 12.0. The predicted molar refractivity (Wildman–Crippen MR) is 81.2 cm³/mol. The molecule has 0 aromatic heterocycles. The van der Waals surface area contributed by atoms with E-state index in [2.05, 4.69) is 5.32 Å². The number of nitrogens with one attached hydrogen (secondary N) is 1. The lowest BCUT2D eigenvalue weighted by molar-refractivity contribution is 0.0942. The minimum Gasteiger partial charge on any atom is -0.508 e. The molecule has 0 spiro atoms. The number of aliphatic hydroxyl groups excluding tert-OH is 1. The number of hydrogen-bond acceptors (Lipinski definition) is 3. The zero-order valence-corrected chi connectivity index (χ0v) is 11.9. The zero-order valence-electron chi connectivity index (χ0n) is 11.9. The summed E-state index contributed by atoms with van der Waals surface area (Å²) in [6.07, 6.45) is -0.162. The summed E-state index contributed by atoms with van der Waals surface area (Å²) in [6, 6.07) is 14.1. The normalized spacial score (nSPS) is 11.9. The number of amides is 1. The van der Waals surface area contributed by atoms with Gasteiger partial charge < -0.3 is 15.5 Å². The molecule has 0 aliphatic carbocycles. The molecule has 21 heavy (non-hydrogen) atoms. The maximum Gasteiger partial charge on any atom is 0.251 e. The van der Waals surface area contributed by atoms with Gasteiger partial charge in [-0.05, 0) is 42.7 Å². The number of aliphatic hydroxyl groups is 1. The van der Waals surface area contributed by atoms with Crippen molar-refractivity contribution in [1.82, 2.24) is 5.32 Å². The van der Waals surface area contributed by atoms with Gasteiger partial charge in [0.2, 0.25) is 0 Å². The molecular weight excluding hydrogens is 266 g/mol. The van der Waals surface area contributed by atoms with E-state index in [1.54, 1.807) is 12.1 Å². The summed E-state index contributed by atoms with van der Waals surface area (Å²) in [6.45, 7) is 2.18. The third-order valence-corrected chi connectivity index (χ3v) is 3.21. The Morgan fingerprint density at radius 1 is 1.19 bits per heavy atom. The number of benzene rings is 2. The Hall–Kier alpha value is -2.33. The second-order valence-corrected chi connectivity index (χ2v) is 5.03. The highest BCUT2D eigenvalue weighted by atomic mass is 16.3. The fourth-order valence-electron chi connectivity index (χ4n) is 2.16. The molecule has 0 bridgehead atoms. The number of carbonyl (C=O) groups is 1. The Balaban J connectivity index is 1.87. The van der Waals surface area contributed by atoms with Gasteiger partial charge in [0.25, 0.3) is 5.91 Å². The van der Waals surface area contributed by atoms with Crippen LogP contribution in [0.1, 0.15) is 34.0 Å². The van der Waals surface area contributed by atoms with E-state index in [-0.39, 0.29) is 11.7 Å². The molecule has 0 aliphatic heterocycles. The molecule has 0 saturated carbocycles. The van der Waals surface area contributed by atoms with Crippen molar-refractivity contribution in [3.05, 3.63) is 65.2 Å². The van der Waals surface area contributed by atoms with Crippen molar-refractivity contribution < 1.29 is 15.0 Å². The molecule has 3 N–H and O–H groups in total. The first kappa shape index (κ1) is 15.1. The summed E-state index contributed by atoms with van der Waals surface area (Å²) in [5.74, 6) is -0.182. The van der Waals surface area contributed by atoms with E-state index in [1.807, 2.05) is 37.3 Å². The number of aryl methyl sites for hydroxylation is 1. The molecule has 4 heteroatoms. The lowest BCUT2D eigenvalue weighted by Gasteiger charge is -2.12. The summed E-state index contributed by atoms with van der Waals surface area (Å²) < 4.78 is 0. The molecule has 0 heterocycles. The van der Waals surface area contributed by atoms with E-state index in [1.165, 1.54) is 6.07 Å². The molecule has 0 fully saturated rings. The Labute approximate surface area is 124 Å². The van der Waals surface area contributed by atoms with Gasteiger partial charge in [0.1, 0.15) is 5.75 Å². The molecule has 2 aromatic carbocycles. The minimum atomic E-state index is -0.600. The van der Waals surface area contributed by atoms with E-state index < -0.39 is 6.10 Å². The van der Waals surface area contributed by atoms with Crippen LogP contribution in [0.15, 0.2) is 48.5 Å². The number of phenolic OH excluding ortho intramolecular Hbond substituents is 1.